The van der Waals surface area contributed by atoms with Crippen LogP contribution in [0.15, 0.2) is 30.6 Å². The molecule has 6 heteroatoms. The van der Waals surface area contributed by atoms with Crippen molar-refractivity contribution >= 4 is 5.95 Å². The highest BCUT2D eigenvalue weighted by molar-refractivity contribution is 5.25. The van der Waals surface area contributed by atoms with Crippen LogP contribution < -0.4 is 5.32 Å². The lowest BCUT2D eigenvalue weighted by Gasteiger charge is -2.32. The molecule has 3 rings (SSSR count). The maximum absolute atomic E-state index is 13.8. The average Bonchev–Trinajstić information content (AvgIpc) is 2.63. The molecule has 1 fully saturated rings. The summed E-state index contributed by atoms with van der Waals surface area (Å²) in [7, 11) is 0. The first-order valence-electron chi connectivity index (χ1n) is 9.74. The molecule has 1 aromatic carbocycles. The molecule has 1 aliphatic heterocycles. The van der Waals surface area contributed by atoms with E-state index in [9.17, 15) is 8.78 Å². The van der Waals surface area contributed by atoms with Gasteiger partial charge in [0.2, 0.25) is 5.95 Å². The van der Waals surface area contributed by atoms with E-state index in [1.54, 1.807) is 0 Å². The van der Waals surface area contributed by atoms with Gasteiger partial charge in [0.1, 0.15) is 11.6 Å². The van der Waals surface area contributed by atoms with Crippen molar-refractivity contribution in [3.63, 3.8) is 0 Å². The molecule has 0 spiro atoms. The fourth-order valence-electron chi connectivity index (χ4n) is 3.68. The first-order chi connectivity index (χ1) is 13.0. The zero-order valence-electron chi connectivity index (χ0n) is 16.1. The van der Waals surface area contributed by atoms with Crippen LogP contribution in [0.4, 0.5) is 14.7 Å². The fraction of sp³-hybridized carbons (Fsp3) is 0.524. The molecule has 1 saturated heterocycles. The summed E-state index contributed by atoms with van der Waals surface area (Å²) in [5.41, 5.74) is 1.31. The maximum Gasteiger partial charge on any atom is 0.222 e. The Bertz CT molecular complexity index is 713. The Balaban J connectivity index is 1.52. The molecular weight excluding hydrogens is 346 g/mol. The second-order valence-electron chi connectivity index (χ2n) is 7.70. The third-order valence-corrected chi connectivity index (χ3v) is 5.00. The largest absolute Gasteiger partial charge is 0.352 e. The molecule has 0 saturated carbocycles. The molecule has 4 nitrogen and oxygen atoms in total. The number of likely N-dealkylation sites (tertiary alicyclic amines) is 1. The summed E-state index contributed by atoms with van der Waals surface area (Å²) in [4.78, 5) is 11.1. The van der Waals surface area contributed by atoms with Gasteiger partial charge in [-0.1, -0.05) is 6.07 Å². The van der Waals surface area contributed by atoms with Gasteiger partial charge in [0.15, 0.2) is 0 Å². The van der Waals surface area contributed by atoms with E-state index in [1.807, 2.05) is 12.4 Å². The Morgan fingerprint density at radius 2 is 1.89 bits per heavy atom. The molecule has 1 aliphatic rings. The number of rotatable bonds is 7. The van der Waals surface area contributed by atoms with Gasteiger partial charge >= 0.3 is 0 Å². The topological polar surface area (TPSA) is 41.1 Å². The molecule has 0 amide bonds. The monoisotopic (exact) mass is 374 g/mol. The highest BCUT2D eigenvalue weighted by Crippen LogP contribution is 2.24. The van der Waals surface area contributed by atoms with E-state index in [-0.39, 0.29) is 5.56 Å². The van der Waals surface area contributed by atoms with Crippen LogP contribution in [0.1, 0.15) is 44.2 Å². The van der Waals surface area contributed by atoms with Gasteiger partial charge in [-0.15, -0.1) is 0 Å². The van der Waals surface area contributed by atoms with Gasteiger partial charge in [-0.05, 0) is 64.1 Å². The summed E-state index contributed by atoms with van der Waals surface area (Å²) in [6.45, 7) is 6.90. The molecule has 2 heterocycles. The van der Waals surface area contributed by atoms with E-state index in [4.69, 9.17) is 0 Å². The predicted molar refractivity (Wildman–Crippen MR) is 103 cm³/mol. The summed E-state index contributed by atoms with van der Waals surface area (Å²) in [6, 6.07) is 4.39. The molecular formula is C21H28F2N4. The molecule has 27 heavy (non-hydrogen) atoms. The van der Waals surface area contributed by atoms with Crippen LogP contribution in [0.3, 0.4) is 0 Å². The van der Waals surface area contributed by atoms with Crippen molar-refractivity contribution in [3.05, 3.63) is 53.4 Å². The number of piperidine rings is 1. The highest BCUT2D eigenvalue weighted by Gasteiger charge is 2.21. The van der Waals surface area contributed by atoms with E-state index in [0.717, 1.165) is 44.5 Å². The third kappa shape index (κ3) is 5.70. The van der Waals surface area contributed by atoms with E-state index in [1.165, 1.54) is 18.2 Å². The molecule has 1 atom stereocenters. The van der Waals surface area contributed by atoms with Gasteiger partial charge in [-0.3, -0.25) is 4.90 Å². The van der Waals surface area contributed by atoms with Crippen LogP contribution in [0.25, 0.3) is 0 Å². The van der Waals surface area contributed by atoms with Crippen LogP contribution >= 0.6 is 0 Å². The number of benzene rings is 1. The Morgan fingerprint density at radius 1 is 1.19 bits per heavy atom. The van der Waals surface area contributed by atoms with Crippen LogP contribution in [0.5, 0.6) is 0 Å². The normalized spacial score (nSPS) is 18.0. The SMILES string of the molecule is CC(C)Nc1ncc(CN2CCC[C@H](CCc3c(F)cccc3F)C2)cn1. The zero-order chi connectivity index (χ0) is 19.2. The van der Waals surface area contributed by atoms with Crippen molar-refractivity contribution in [2.24, 2.45) is 5.92 Å². The van der Waals surface area contributed by atoms with Gasteiger partial charge in [-0.25, -0.2) is 18.7 Å². The van der Waals surface area contributed by atoms with Crippen molar-refractivity contribution in [2.75, 3.05) is 18.4 Å². The predicted octanol–water partition coefficient (Wildman–Crippen LogP) is 4.42. The van der Waals surface area contributed by atoms with Gasteiger partial charge in [0, 0.05) is 42.7 Å². The van der Waals surface area contributed by atoms with Crippen molar-refractivity contribution < 1.29 is 8.78 Å². The lowest BCUT2D eigenvalue weighted by Crippen LogP contribution is -2.35. The minimum absolute atomic E-state index is 0.219. The third-order valence-electron chi connectivity index (χ3n) is 5.00. The molecule has 0 unspecified atom stereocenters. The summed E-state index contributed by atoms with van der Waals surface area (Å²) >= 11 is 0. The van der Waals surface area contributed by atoms with Crippen molar-refractivity contribution in [2.45, 2.75) is 52.1 Å². The average molecular weight is 374 g/mol. The van der Waals surface area contributed by atoms with Gasteiger partial charge in [0.25, 0.3) is 0 Å². The van der Waals surface area contributed by atoms with Crippen molar-refractivity contribution in [1.82, 2.24) is 14.9 Å². The standard InChI is InChI=1S/C21H28F2N4/c1-15(2)26-21-24-11-17(12-25-21)14-27-10-4-5-16(13-27)8-9-18-19(22)6-3-7-20(18)23/h3,6-7,11-12,15-16H,4-5,8-10,13-14H2,1-2H3,(H,24,25,26)/t16-/m1/s1. The summed E-state index contributed by atoms with van der Waals surface area (Å²) in [6.07, 6.45) is 7.22. The molecule has 0 aliphatic carbocycles. The Morgan fingerprint density at radius 3 is 2.56 bits per heavy atom. The Hall–Kier alpha value is -2.08. The van der Waals surface area contributed by atoms with E-state index >= 15 is 0 Å². The molecule has 1 aromatic heterocycles. The second-order valence-corrected chi connectivity index (χ2v) is 7.70. The van der Waals surface area contributed by atoms with Crippen LogP contribution in [0, 0.1) is 17.6 Å². The van der Waals surface area contributed by atoms with Gasteiger partial charge < -0.3 is 5.32 Å². The Labute approximate surface area is 160 Å². The maximum atomic E-state index is 13.8. The van der Waals surface area contributed by atoms with Crippen LogP contribution in [-0.2, 0) is 13.0 Å². The second kappa shape index (κ2) is 9.22. The highest BCUT2D eigenvalue weighted by atomic mass is 19.1. The molecule has 0 radical (unpaired) electrons. The van der Waals surface area contributed by atoms with E-state index in [0.29, 0.717) is 24.3 Å². The number of halogens is 2. The summed E-state index contributed by atoms with van der Waals surface area (Å²) in [5, 5.41) is 3.19. The van der Waals surface area contributed by atoms with E-state index in [2.05, 4.69) is 34.0 Å². The summed E-state index contributed by atoms with van der Waals surface area (Å²) < 4.78 is 27.6. The smallest absolute Gasteiger partial charge is 0.222 e. The number of hydrogen-bond donors (Lipinski definition) is 1. The number of nitrogens with one attached hydrogen (secondary N) is 1. The van der Waals surface area contributed by atoms with Crippen LogP contribution in [0.2, 0.25) is 0 Å². The first-order valence-corrected chi connectivity index (χ1v) is 9.74. The minimum atomic E-state index is -0.435. The van der Waals surface area contributed by atoms with Crippen molar-refractivity contribution in [1.29, 1.82) is 0 Å². The van der Waals surface area contributed by atoms with Crippen LogP contribution in [-0.4, -0.2) is 34.0 Å². The lowest BCUT2D eigenvalue weighted by molar-refractivity contribution is 0.161. The fourth-order valence-corrected chi connectivity index (χ4v) is 3.68. The first kappa shape index (κ1) is 19.7. The van der Waals surface area contributed by atoms with E-state index < -0.39 is 11.6 Å². The molecule has 1 N–H and O–H groups in total. The molecule has 146 valence electrons. The number of anilines is 1. The lowest BCUT2D eigenvalue weighted by atomic mass is 9.91. The number of nitrogens with zero attached hydrogens (tertiary/aromatic N) is 3. The number of aromatic nitrogens is 2. The quantitative estimate of drug-likeness (QED) is 0.779. The van der Waals surface area contributed by atoms with Gasteiger partial charge in [-0.2, -0.15) is 0 Å². The number of hydrogen-bond acceptors (Lipinski definition) is 4. The van der Waals surface area contributed by atoms with Crippen molar-refractivity contribution in [3.8, 4) is 0 Å². The minimum Gasteiger partial charge on any atom is -0.352 e. The molecule has 0 bridgehead atoms. The molecule has 2 aromatic rings. The summed E-state index contributed by atoms with van der Waals surface area (Å²) in [5.74, 6) is 0.238. The Kier molecular flexibility index (Phi) is 6.72. The zero-order valence-corrected chi connectivity index (χ0v) is 16.1. The van der Waals surface area contributed by atoms with Gasteiger partial charge in [0.05, 0.1) is 0 Å².